The fourth-order valence-corrected chi connectivity index (χ4v) is 2.11. The van der Waals surface area contributed by atoms with Gasteiger partial charge in [-0.05, 0) is 41.4 Å². The number of halogens is 1. The van der Waals surface area contributed by atoms with Crippen molar-refractivity contribution in [1.82, 2.24) is 5.32 Å². The SMILES string of the molecule is COc1ccc2cc(CCNCCCl)ccc2c1. The first-order valence-corrected chi connectivity index (χ1v) is 6.70. The van der Waals surface area contributed by atoms with Crippen LogP contribution in [0.1, 0.15) is 5.56 Å². The zero-order valence-corrected chi connectivity index (χ0v) is 11.3. The van der Waals surface area contributed by atoms with Crippen LogP contribution in [-0.2, 0) is 6.42 Å². The van der Waals surface area contributed by atoms with E-state index in [1.165, 1.54) is 16.3 Å². The average Bonchev–Trinajstić information content (AvgIpc) is 2.43. The number of rotatable bonds is 6. The van der Waals surface area contributed by atoms with Crippen LogP contribution in [0.25, 0.3) is 10.8 Å². The molecule has 18 heavy (non-hydrogen) atoms. The third-order valence-electron chi connectivity index (χ3n) is 2.97. The monoisotopic (exact) mass is 263 g/mol. The van der Waals surface area contributed by atoms with E-state index in [-0.39, 0.29) is 0 Å². The van der Waals surface area contributed by atoms with Crippen molar-refractivity contribution in [2.75, 3.05) is 26.1 Å². The summed E-state index contributed by atoms with van der Waals surface area (Å²) >= 11 is 5.62. The molecule has 0 aromatic heterocycles. The topological polar surface area (TPSA) is 21.3 Å². The molecule has 0 fully saturated rings. The second kappa shape index (κ2) is 6.62. The van der Waals surface area contributed by atoms with Gasteiger partial charge in [0.05, 0.1) is 7.11 Å². The average molecular weight is 264 g/mol. The van der Waals surface area contributed by atoms with Gasteiger partial charge in [-0.3, -0.25) is 0 Å². The van der Waals surface area contributed by atoms with Crippen molar-refractivity contribution in [3.05, 3.63) is 42.0 Å². The van der Waals surface area contributed by atoms with Gasteiger partial charge in [0.1, 0.15) is 5.75 Å². The number of hydrogen-bond donors (Lipinski definition) is 1. The predicted octanol–water partition coefficient (Wildman–Crippen LogP) is 3.22. The van der Waals surface area contributed by atoms with E-state index in [0.29, 0.717) is 5.88 Å². The Kier molecular flexibility index (Phi) is 4.85. The molecule has 2 rings (SSSR count). The summed E-state index contributed by atoms with van der Waals surface area (Å²) in [5.74, 6) is 1.57. The standard InChI is InChI=1S/C15H18ClNO/c1-18-15-5-4-13-10-12(2-3-14(13)11-15)6-8-17-9-7-16/h2-5,10-11,17H,6-9H2,1H3. The van der Waals surface area contributed by atoms with E-state index in [2.05, 4.69) is 35.6 Å². The second-order valence-electron chi connectivity index (χ2n) is 4.24. The molecule has 0 heterocycles. The van der Waals surface area contributed by atoms with Crippen molar-refractivity contribution in [2.24, 2.45) is 0 Å². The van der Waals surface area contributed by atoms with Gasteiger partial charge in [-0.2, -0.15) is 0 Å². The Bertz CT molecular complexity index is 513. The van der Waals surface area contributed by atoms with E-state index in [1.54, 1.807) is 7.11 Å². The molecular formula is C15H18ClNO. The van der Waals surface area contributed by atoms with E-state index in [4.69, 9.17) is 16.3 Å². The van der Waals surface area contributed by atoms with Gasteiger partial charge in [0.2, 0.25) is 0 Å². The molecule has 0 unspecified atom stereocenters. The maximum Gasteiger partial charge on any atom is 0.119 e. The van der Waals surface area contributed by atoms with E-state index < -0.39 is 0 Å². The Morgan fingerprint density at radius 2 is 1.83 bits per heavy atom. The van der Waals surface area contributed by atoms with Crippen molar-refractivity contribution in [3.63, 3.8) is 0 Å². The van der Waals surface area contributed by atoms with Crippen molar-refractivity contribution in [3.8, 4) is 5.75 Å². The van der Waals surface area contributed by atoms with Crippen LogP contribution in [0.15, 0.2) is 36.4 Å². The highest BCUT2D eigenvalue weighted by Crippen LogP contribution is 2.21. The van der Waals surface area contributed by atoms with Crippen LogP contribution in [0, 0.1) is 0 Å². The van der Waals surface area contributed by atoms with E-state index in [0.717, 1.165) is 25.3 Å². The van der Waals surface area contributed by atoms with Gasteiger partial charge >= 0.3 is 0 Å². The summed E-state index contributed by atoms with van der Waals surface area (Å²) in [7, 11) is 1.69. The zero-order chi connectivity index (χ0) is 12.8. The normalized spacial score (nSPS) is 10.8. The van der Waals surface area contributed by atoms with Gasteiger partial charge in [-0.15, -0.1) is 11.6 Å². The summed E-state index contributed by atoms with van der Waals surface area (Å²) in [6.07, 6.45) is 1.03. The largest absolute Gasteiger partial charge is 0.497 e. The van der Waals surface area contributed by atoms with Crippen molar-refractivity contribution < 1.29 is 4.74 Å². The molecule has 0 saturated heterocycles. The molecular weight excluding hydrogens is 246 g/mol. The lowest BCUT2D eigenvalue weighted by Gasteiger charge is -2.06. The molecule has 2 aromatic carbocycles. The number of alkyl halides is 1. The minimum atomic E-state index is 0.664. The quantitative estimate of drug-likeness (QED) is 0.638. The smallest absolute Gasteiger partial charge is 0.119 e. The van der Waals surface area contributed by atoms with E-state index in [9.17, 15) is 0 Å². The van der Waals surface area contributed by atoms with Crippen LogP contribution < -0.4 is 10.1 Å². The first-order valence-electron chi connectivity index (χ1n) is 6.17. The Labute approximate surface area is 113 Å². The predicted molar refractivity (Wildman–Crippen MR) is 77.8 cm³/mol. The lowest BCUT2D eigenvalue weighted by molar-refractivity contribution is 0.415. The Morgan fingerprint density at radius 1 is 1.06 bits per heavy atom. The maximum absolute atomic E-state index is 5.62. The molecule has 1 N–H and O–H groups in total. The minimum absolute atomic E-state index is 0.664. The zero-order valence-electron chi connectivity index (χ0n) is 10.6. The highest BCUT2D eigenvalue weighted by molar-refractivity contribution is 6.18. The number of nitrogens with one attached hydrogen (secondary N) is 1. The highest BCUT2D eigenvalue weighted by Gasteiger charge is 1.99. The summed E-state index contributed by atoms with van der Waals surface area (Å²) in [5.41, 5.74) is 1.34. The summed E-state index contributed by atoms with van der Waals surface area (Å²) in [6.45, 7) is 1.83. The molecule has 0 aliphatic heterocycles. The maximum atomic E-state index is 5.62. The van der Waals surface area contributed by atoms with Crippen LogP contribution in [0.3, 0.4) is 0 Å². The molecule has 3 heteroatoms. The third kappa shape index (κ3) is 3.37. The summed E-state index contributed by atoms with van der Waals surface area (Å²) in [4.78, 5) is 0. The Balaban J connectivity index is 2.08. The molecule has 0 aliphatic rings. The summed E-state index contributed by atoms with van der Waals surface area (Å²) in [5, 5.41) is 5.77. The molecule has 0 bridgehead atoms. The molecule has 2 nitrogen and oxygen atoms in total. The molecule has 0 radical (unpaired) electrons. The van der Waals surface area contributed by atoms with Gasteiger partial charge in [0, 0.05) is 12.4 Å². The Hall–Kier alpha value is -1.25. The second-order valence-corrected chi connectivity index (χ2v) is 4.61. The van der Waals surface area contributed by atoms with Crippen molar-refractivity contribution in [2.45, 2.75) is 6.42 Å². The van der Waals surface area contributed by atoms with Crippen molar-refractivity contribution >= 4 is 22.4 Å². The first kappa shape index (κ1) is 13.2. The van der Waals surface area contributed by atoms with Crippen LogP contribution in [0.2, 0.25) is 0 Å². The third-order valence-corrected chi connectivity index (χ3v) is 3.16. The van der Waals surface area contributed by atoms with Gasteiger partial charge < -0.3 is 10.1 Å². The summed E-state index contributed by atoms with van der Waals surface area (Å²) < 4.78 is 5.22. The lowest BCUT2D eigenvalue weighted by atomic mass is 10.0. The van der Waals surface area contributed by atoms with Gasteiger partial charge in [-0.1, -0.05) is 24.3 Å². The van der Waals surface area contributed by atoms with E-state index in [1.807, 2.05) is 6.07 Å². The summed E-state index contributed by atoms with van der Waals surface area (Å²) in [6, 6.07) is 12.7. The van der Waals surface area contributed by atoms with Crippen LogP contribution in [-0.4, -0.2) is 26.1 Å². The minimum Gasteiger partial charge on any atom is -0.497 e. The van der Waals surface area contributed by atoms with E-state index >= 15 is 0 Å². The molecule has 0 spiro atoms. The molecule has 2 aromatic rings. The molecule has 0 amide bonds. The van der Waals surface area contributed by atoms with Crippen LogP contribution in [0.4, 0.5) is 0 Å². The fraction of sp³-hybridized carbons (Fsp3) is 0.333. The fourth-order valence-electron chi connectivity index (χ4n) is 1.98. The number of ether oxygens (including phenoxy) is 1. The van der Waals surface area contributed by atoms with Crippen LogP contribution >= 0.6 is 11.6 Å². The molecule has 0 aliphatic carbocycles. The van der Waals surface area contributed by atoms with Gasteiger partial charge in [0.15, 0.2) is 0 Å². The van der Waals surface area contributed by atoms with Gasteiger partial charge in [0.25, 0.3) is 0 Å². The molecule has 96 valence electrons. The Morgan fingerprint density at radius 3 is 2.61 bits per heavy atom. The molecule has 0 atom stereocenters. The number of benzene rings is 2. The first-order chi connectivity index (χ1) is 8.83. The number of methoxy groups -OCH3 is 1. The number of hydrogen-bond acceptors (Lipinski definition) is 2. The number of fused-ring (bicyclic) bond motifs is 1. The molecule has 0 saturated carbocycles. The van der Waals surface area contributed by atoms with Crippen molar-refractivity contribution in [1.29, 1.82) is 0 Å². The highest BCUT2D eigenvalue weighted by atomic mass is 35.5. The lowest BCUT2D eigenvalue weighted by Crippen LogP contribution is -2.19. The van der Waals surface area contributed by atoms with Gasteiger partial charge in [-0.25, -0.2) is 0 Å². The van der Waals surface area contributed by atoms with Crippen LogP contribution in [0.5, 0.6) is 5.75 Å².